The van der Waals surface area contributed by atoms with Gasteiger partial charge < -0.3 is 10.5 Å². The third-order valence-corrected chi connectivity index (χ3v) is 2.24. The van der Waals surface area contributed by atoms with E-state index in [2.05, 4.69) is 0 Å². The summed E-state index contributed by atoms with van der Waals surface area (Å²) in [6.07, 6.45) is 5.04. The number of carbonyl (C=O) groups is 1. The zero-order valence-electron chi connectivity index (χ0n) is 7.58. The number of ether oxygens (including phenoxy) is 1. The number of esters is 1. The summed E-state index contributed by atoms with van der Waals surface area (Å²) in [6.45, 7) is 2.01. The van der Waals surface area contributed by atoms with Crippen molar-refractivity contribution >= 4 is 5.97 Å². The van der Waals surface area contributed by atoms with Crippen LogP contribution in [0.1, 0.15) is 39.0 Å². The summed E-state index contributed by atoms with van der Waals surface area (Å²) in [7, 11) is 0. The van der Waals surface area contributed by atoms with E-state index in [0.29, 0.717) is 0 Å². The highest BCUT2D eigenvalue weighted by atomic mass is 16.5. The molecule has 1 fully saturated rings. The molecule has 1 atom stereocenters. The summed E-state index contributed by atoms with van der Waals surface area (Å²) < 4.78 is 5.14. The molecule has 0 amide bonds. The Morgan fingerprint density at radius 3 is 2.75 bits per heavy atom. The molecule has 0 aromatic rings. The second kappa shape index (κ2) is 4.45. The molecule has 0 aromatic heterocycles. The Morgan fingerprint density at radius 1 is 1.67 bits per heavy atom. The van der Waals surface area contributed by atoms with Gasteiger partial charge in [0.1, 0.15) is 12.1 Å². The van der Waals surface area contributed by atoms with E-state index in [-0.39, 0.29) is 12.1 Å². The van der Waals surface area contributed by atoms with Crippen LogP contribution in [0, 0.1) is 0 Å². The van der Waals surface area contributed by atoms with Gasteiger partial charge in [-0.1, -0.05) is 13.3 Å². The van der Waals surface area contributed by atoms with Crippen LogP contribution in [0.25, 0.3) is 0 Å². The Bertz CT molecular complexity index is 155. The lowest BCUT2D eigenvalue weighted by Gasteiger charge is -2.26. The maximum atomic E-state index is 11.2. The third-order valence-electron chi connectivity index (χ3n) is 2.24. The Labute approximate surface area is 73.3 Å². The first-order valence-corrected chi connectivity index (χ1v) is 4.70. The molecule has 0 aliphatic heterocycles. The summed E-state index contributed by atoms with van der Waals surface area (Å²) in [6, 6.07) is -0.407. The molecule has 0 saturated heterocycles. The van der Waals surface area contributed by atoms with E-state index < -0.39 is 6.04 Å². The van der Waals surface area contributed by atoms with E-state index in [4.69, 9.17) is 10.5 Å². The molecular formula is C9H17NO2. The van der Waals surface area contributed by atoms with Crippen LogP contribution in [0.2, 0.25) is 0 Å². The average Bonchev–Trinajstić information content (AvgIpc) is 1.97. The molecule has 0 radical (unpaired) electrons. The SMILES string of the molecule is CCC[C@H](N)C(=O)OC1CCC1. The second-order valence-electron chi connectivity index (χ2n) is 3.38. The number of rotatable bonds is 4. The van der Waals surface area contributed by atoms with Crippen molar-refractivity contribution < 1.29 is 9.53 Å². The van der Waals surface area contributed by atoms with Gasteiger partial charge in [0.05, 0.1) is 0 Å². The average molecular weight is 171 g/mol. The smallest absolute Gasteiger partial charge is 0.323 e. The van der Waals surface area contributed by atoms with Crippen molar-refractivity contribution in [3.63, 3.8) is 0 Å². The normalized spacial score (nSPS) is 19.8. The Morgan fingerprint density at radius 2 is 2.33 bits per heavy atom. The van der Waals surface area contributed by atoms with Crippen molar-refractivity contribution in [2.75, 3.05) is 0 Å². The molecule has 1 aliphatic rings. The van der Waals surface area contributed by atoms with Gasteiger partial charge in [-0.25, -0.2) is 0 Å². The van der Waals surface area contributed by atoms with E-state index in [1.165, 1.54) is 6.42 Å². The predicted octanol–water partition coefficient (Wildman–Crippen LogP) is 1.21. The summed E-state index contributed by atoms with van der Waals surface area (Å²) in [5, 5.41) is 0. The summed E-state index contributed by atoms with van der Waals surface area (Å²) in [5.74, 6) is -0.221. The Kier molecular flexibility index (Phi) is 3.53. The summed E-state index contributed by atoms with van der Waals surface area (Å²) in [5.41, 5.74) is 5.58. The zero-order valence-corrected chi connectivity index (χ0v) is 7.58. The van der Waals surface area contributed by atoms with Gasteiger partial charge >= 0.3 is 5.97 Å². The van der Waals surface area contributed by atoms with E-state index in [0.717, 1.165) is 25.7 Å². The molecule has 0 heterocycles. The lowest BCUT2D eigenvalue weighted by atomic mass is 9.96. The molecule has 1 saturated carbocycles. The van der Waals surface area contributed by atoms with Crippen LogP contribution in [0.15, 0.2) is 0 Å². The van der Waals surface area contributed by atoms with Crippen molar-refractivity contribution in [3.05, 3.63) is 0 Å². The molecule has 1 aliphatic carbocycles. The maximum Gasteiger partial charge on any atom is 0.323 e. The molecule has 12 heavy (non-hydrogen) atoms. The minimum absolute atomic E-state index is 0.167. The fourth-order valence-electron chi connectivity index (χ4n) is 1.17. The van der Waals surface area contributed by atoms with E-state index in [9.17, 15) is 4.79 Å². The first-order valence-electron chi connectivity index (χ1n) is 4.70. The van der Waals surface area contributed by atoms with Gasteiger partial charge in [0.2, 0.25) is 0 Å². The first-order chi connectivity index (χ1) is 5.74. The van der Waals surface area contributed by atoms with Gasteiger partial charge in [0.25, 0.3) is 0 Å². The van der Waals surface area contributed by atoms with Crippen LogP contribution in [0.3, 0.4) is 0 Å². The highest BCUT2D eigenvalue weighted by molar-refractivity contribution is 5.75. The van der Waals surface area contributed by atoms with Crippen molar-refractivity contribution in [1.29, 1.82) is 0 Å². The molecule has 0 spiro atoms. The lowest BCUT2D eigenvalue weighted by molar-refractivity contribution is -0.154. The van der Waals surface area contributed by atoms with E-state index in [1.807, 2.05) is 6.92 Å². The number of nitrogens with two attached hydrogens (primary N) is 1. The number of hydrogen-bond donors (Lipinski definition) is 1. The van der Waals surface area contributed by atoms with Crippen molar-refractivity contribution in [2.45, 2.75) is 51.2 Å². The maximum absolute atomic E-state index is 11.2. The van der Waals surface area contributed by atoms with Crippen LogP contribution < -0.4 is 5.73 Å². The lowest BCUT2D eigenvalue weighted by Crippen LogP contribution is -2.36. The van der Waals surface area contributed by atoms with E-state index in [1.54, 1.807) is 0 Å². The van der Waals surface area contributed by atoms with Crippen LogP contribution >= 0.6 is 0 Å². The monoisotopic (exact) mass is 171 g/mol. The van der Waals surface area contributed by atoms with Crippen molar-refractivity contribution in [1.82, 2.24) is 0 Å². The standard InChI is InChI=1S/C9H17NO2/c1-2-4-8(10)9(11)12-7-5-3-6-7/h7-8H,2-6,10H2,1H3/t8-/m0/s1. The minimum atomic E-state index is -0.407. The van der Waals surface area contributed by atoms with Crippen LogP contribution in [-0.4, -0.2) is 18.1 Å². The van der Waals surface area contributed by atoms with Crippen LogP contribution in [0.4, 0.5) is 0 Å². The molecule has 2 N–H and O–H groups in total. The van der Waals surface area contributed by atoms with Crippen molar-refractivity contribution in [2.24, 2.45) is 5.73 Å². The third kappa shape index (κ3) is 2.48. The molecule has 3 nitrogen and oxygen atoms in total. The molecule has 3 heteroatoms. The summed E-state index contributed by atoms with van der Waals surface area (Å²) in [4.78, 5) is 11.2. The van der Waals surface area contributed by atoms with Gasteiger partial charge in [-0.3, -0.25) is 4.79 Å². The Balaban J connectivity index is 2.16. The quantitative estimate of drug-likeness (QED) is 0.647. The van der Waals surface area contributed by atoms with Gasteiger partial charge in [-0.15, -0.1) is 0 Å². The molecule has 70 valence electrons. The van der Waals surface area contributed by atoms with Gasteiger partial charge in [0.15, 0.2) is 0 Å². The van der Waals surface area contributed by atoms with Gasteiger partial charge in [-0.05, 0) is 25.7 Å². The first kappa shape index (κ1) is 9.52. The van der Waals surface area contributed by atoms with Crippen LogP contribution in [-0.2, 0) is 9.53 Å². The van der Waals surface area contributed by atoms with Crippen molar-refractivity contribution in [3.8, 4) is 0 Å². The zero-order chi connectivity index (χ0) is 8.97. The fraction of sp³-hybridized carbons (Fsp3) is 0.889. The molecular weight excluding hydrogens is 154 g/mol. The van der Waals surface area contributed by atoms with E-state index >= 15 is 0 Å². The highest BCUT2D eigenvalue weighted by Crippen LogP contribution is 2.22. The molecule has 0 unspecified atom stereocenters. The van der Waals surface area contributed by atoms with Gasteiger partial charge in [0, 0.05) is 0 Å². The predicted molar refractivity (Wildman–Crippen MR) is 46.6 cm³/mol. The fourth-order valence-corrected chi connectivity index (χ4v) is 1.17. The molecule has 0 aromatic carbocycles. The topological polar surface area (TPSA) is 52.3 Å². The minimum Gasteiger partial charge on any atom is -0.461 e. The molecule has 1 rings (SSSR count). The van der Waals surface area contributed by atoms with Gasteiger partial charge in [-0.2, -0.15) is 0 Å². The summed E-state index contributed by atoms with van der Waals surface area (Å²) >= 11 is 0. The second-order valence-corrected chi connectivity index (χ2v) is 3.38. The Hall–Kier alpha value is -0.570. The largest absolute Gasteiger partial charge is 0.461 e. The molecule has 0 bridgehead atoms. The number of hydrogen-bond acceptors (Lipinski definition) is 3. The number of carbonyl (C=O) groups excluding carboxylic acids is 1. The van der Waals surface area contributed by atoms with Crippen LogP contribution in [0.5, 0.6) is 0 Å². The highest BCUT2D eigenvalue weighted by Gasteiger charge is 2.24.